The number of carbonyl (C=O) groups excluding carboxylic acids is 1. The highest BCUT2D eigenvalue weighted by Gasteiger charge is 2.09. The van der Waals surface area contributed by atoms with Crippen LogP contribution in [0.15, 0.2) is 36.4 Å². The second-order valence-corrected chi connectivity index (χ2v) is 4.87. The van der Waals surface area contributed by atoms with Gasteiger partial charge in [0.25, 0.3) is 0 Å². The van der Waals surface area contributed by atoms with Gasteiger partial charge in [0.1, 0.15) is 11.6 Å². The summed E-state index contributed by atoms with van der Waals surface area (Å²) in [6.07, 6.45) is 0. The zero-order chi connectivity index (χ0) is 15.4. The van der Waals surface area contributed by atoms with E-state index in [1.807, 2.05) is 0 Å². The topological polar surface area (TPSA) is 61.4 Å². The lowest BCUT2D eigenvalue weighted by Crippen LogP contribution is -2.07. The molecule has 6 heteroatoms. The van der Waals surface area contributed by atoms with Gasteiger partial charge >= 0.3 is 0 Å². The summed E-state index contributed by atoms with van der Waals surface area (Å²) in [6.45, 7) is 1.53. The maximum absolute atomic E-state index is 13.7. The molecule has 0 heterocycles. The fourth-order valence-electron chi connectivity index (χ4n) is 1.85. The molecule has 0 bridgehead atoms. The summed E-state index contributed by atoms with van der Waals surface area (Å²) in [5.74, 6) is -0.666. The zero-order valence-electron chi connectivity index (χ0n) is 11.3. The van der Waals surface area contributed by atoms with Crippen LogP contribution in [0.1, 0.15) is 12.5 Å². The van der Waals surface area contributed by atoms with Crippen molar-refractivity contribution in [1.82, 2.24) is 0 Å². The third-order valence-corrected chi connectivity index (χ3v) is 3.19. The Balaban J connectivity index is 2.18. The number of nitrogens with one attached hydrogen (secondary N) is 2. The number of benzene rings is 2. The maximum Gasteiger partial charge on any atom is 0.221 e. The number of halogens is 2. The van der Waals surface area contributed by atoms with Crippen LogP contribution in [0.25, 0.3) is 0 Å². The molecule has 0 saturated heterocycles. The van der Waals surface area contributed by atoms with Gasteiger partial charge in [-0.25, -0.2) is 4.39 Å². The van der Waals surface area contributed by atoms with E-state index in [9.17, 15) is 14.3 Å². The maximum atomic E-state index is 13.7. The Kier molecular flexibility index (Phi) is 4.65. The first-order valence-electron chi connectivity index (χ1n) is 6.24. The molecule has 0 aliphatic rings. The molecule has 1 amide bonds. The Hall–Kier alpha value is -2.27. The second-order valence-electron chi connectivity index (χ2n) is 4.47. The summed E-state index contributed by atoms with van der Waals surface area (Å²) in [6, 6.07) is 8.97. The van der Waals surface area contributed by atoms with E-state index in [2.05, 4.69) is 10.6 Å². The van der Waals surface area contributed by atoms with Crippen molar-refractivity contribution in [3.63, 3.8) is 0 Å². The van der Waals surface area contributed by atoms with Gasteiger partial charge in [-0.2, -0.15) is 0 Å². The van der Waals surface area contributed by atoms with Crippen molar-refractivity contribution < 1.29 is 14.3 Å². The minimum atomic E-state index is -0.462. The van der Waals surface area contributed by atoms with Crippen molar-refractivity contribution >= 4 is 28.9 Å². The molecule has 2 aromatic rings. The average molecular weight is 309 g/mol. The number of anilines is 2. The Morgan fingerprint density at radius 1 is 1.33 bits per heavy atom. The molecule has 4 nitrogen and oxygen atoms in total. The lowest BCUT2D eigenvalue weighted by Gasteiger charge is -2.12. The van der Waals surface area contributed by atoms with E-state index in [-0.39, 0.29) is 23.9 Å². The molecule has 110 valence electrons. The predicted octanol–water partition coefficient (Wildman–Crippen LogP) is 3.76. The molecule has 0 saturated carbocycles. The van der Waals surface area contributed by atoms with Gasteiger partial charge in [-0.05, 0) is 30.3 Å². The highest BCUT2D eigenvalue weighted by molar-refractivity contribution is 6.31. The van der Waals surface area contributed by atoms with Gasteiger partial charge in [-0.1, -0.05) is 17.7 Å². The molecule has 0 spiro atoms. The highest BCUT2D eigenvalue weighted by atomic mass is 35.5. The first-order chi connectivity index (χ1) is 9.97. The van der Waals surface area contributed by atoms with Gasteiger partial charge < -0.3 is 15.7 Å². The Bertz CT molecular complexity index is 656. The van der Waals surface area contributed by atoms with Crippen LogP contribution in [0.2, 0.25) is 5.02 Å². The van der Waals surface area contributed by atoms with E-state index in [4.69, 9.17) is 11.6 Å². The molecular weight excluding hydrogens is 295 g/mol. The first kappa shape index (κ1) is 15.1. The summed E-state index contributed by atoms with van der Waals surface area (Å²) in [5, 5.41) is 15.6. The fraction of sp³-hybridized carbons (Fsp3) is 0.133. The molecule has 0 aliphatic heterocycles. The number of carbonyl (C=O) groups is 1. The number of rotatable bonds is 4. The Morgan fingerprint density at radius 2 is 2.10 bits per heavy atom. The SMILES string of the molecule is CC(=O)Nc1ccc(F)c(NCc2c(O)cccc2Cl)c1. The van der Waals surface area contributed by atoms with E-state index in [1.165, 1.54) is 31.2 Å². The summed E-state index contributed by atoms with van der Waals surface area (Å²) in [4.78, 5) is 11.0. The van der Waals surface area contributed by atoms with Crippen LogP contribution in [-0.2, 0) is 11.3 Å². The van der Waals surface area contributed by atoms with Gasteiger partial charge in [0.2, 0.25) is 5.91 Å². The molecule has 2 rings (SSSR count). The quantitative estimate of drug-likeness (QED) is 0.806. The number of aromatic hydroxyl groups is 1. The lowest BCUT2D eigenvalue weighted by atomic mass is 10.2. The number of hydrogen-bond donors (Lipinski definition) is 3. The van der Waals surface area contributed by atoms with Crippen molar-refractivity contribution in [1.29, 1.82) is 0 Å². The van der Waals surface area contributed by atoms with E-state index in [0.717, 1.165) is 0 Å². The molecule has 2 aromatic carbocycles. The van der Waals surface area contributed by atoms with Crippen molar-refractivity contribution in [2.24, 2.45) is 0 Å². The van der Waals surface area contributed by atoms with Gasteiger partial charge in [-0.3, -0.25) is 4.79 Å². The van der Waals surface area contributed by atoms with Gasteiger partial charge in [0, 0.05) is 29.7 Å². The molecule has 0 aromatic heterocycles. The molecule has 0 aliphatic carbocycles. The van der Waals surface area contributed by atoms with Gasteiger partial charge in [0.15, 0.2) is 0 Å². The van der Waals surface area contributed by atoms with Crippen LogP contribution in [-0.4, -0.2) is 11.0 Å². The van der Waals surface area contributed by atoms with E-state index in [1.54, 1.807) is 12.1 Å². The summed E-state index contributed by atoms with van der Waals surface area (Å²) in [7, 11) is 0. The first-order valence-corrected chi connectivity index (χ1v) is 6.62. The Labute approximate surface area is 126 Å². The molecule has 0 radical (unpaired) electrons. The summed E-state index contributed by atoms with van der Waals surface area (Å²) in [5.41, 5.74) is 1.17. The van der Waals surface area contributed by atoms with Crippen LogP contribution in [0.5, 0.6) is 5.75 Å². The number of phenolic OH excluding ortho intramolecular Hbond substituents is 1. The zero-order valence-corrected chi connectivity index (χ0v) is 12.0. The smallest absolute Gasteiger partial charge is 0.221 e. The minimum absolute atomic E-state index is 0.0356. The van der Waals surface area contributed by atoms with Crippen molar-refractivity contribution in [3.8, 4) is 5.75 Å². The Morgan fingerprint density at radius 3 is 2.76 bits per heavy atom. The second kappa shape index (κ2) is 6.45. The number of phenols is 1. The third-order valence-electron chi connectivity index (χ3n) is 2.84. The molecule has 0 fully saturated rings. The molecule has 21 heavy (non-hydrogen) atoms. The van der Waals surface area contributed by atoms with E-state index < -0.39 is 5.82 Å². The van der Waals surface area contributed by atoms with E-state index >= 15 is 0 Å². The molecular formula is C15H14ClFN2O2. The molecule has 0 atom stereocenters. The van der Waals surface area contributed by atoms with Crippen LogP contribution in [0.3, 0.4) is 0 Å². The van der Waals surface area contributed by atoms with Crippen LogP contribution in [0.4, 0.5) is 15.8 Å². The molecule has 3 N–H and O–H groups in total. The van der Waals surface area contributed by atoms with Crippen molar-refractivity contribution in [3.05, 3.63) is 52.8 Å². The number of amides is 1. The van der Waals surface area contributed by atoms with Crippen LogP contribution >= 0.6 is 11.6 Å². The average Bonchev–Trinajstić information content (AvgIpc) is 2.41. The third kappa shape index (κ3) is 3.86. The fourth-order valence-corrected chi connectivity index (χ4v) is 2.08. The molecule has 0 unspecified atom stereocenters. The minimum Gasteiger partial charge on any atom is -0.508 e. The monoisotopic (exact) mass is 308 g/mol. The summed E-state index contributed by atoms with van der Waals surface area (Å²) >= 11 is 5.98. The summed E-state index contributed by atoms with van der Waals surface area (Å²) < 4.78 is 13.7. The van der Waals surface area contributed by atoms with Crippen molar-refractivity contribution in [2.75, 3.05) is 10.6 Å². The van der Waals surface area contributed by atoms with Crippen molar-refractivity contribution in [2.45, 2.75) is 13.5 Å². The normalized spacial score (nSPS) is 10.2. The van der Waals surface area contributed by atoms with Gasteiger partial charge in [-0.15, -0.1) is 0 Å². The highest BCUT2D eigenvalue weighted by Crippen LogP contribution is 2.27. The largest absolute Gasteiger partial charge is 0.508 e. The van der Waals surface area contributed by atoms with E-state index in [0.29, 0.717) is 16.3 Å². The number of hydrogen-bond acceptors (Lipinski definition) is 3. The predicted molar refractivity (Wildman–Crippen MR) is 81.1 cm³/mol. The van der Waals surface area contributed by atoms with Crippen LogP contribution < -0.4 is 10.6 Å². The van der Waals surface area contributed by atoms with Crippen LogP contribution in [0, 0.1) is 5.82 Å². The standard InChI is InChI=1S/C15H14ClFN2O2/c1-9(20)19-10-5-6-13(17)14(7-10)18-8-11-12(16)3-2-4-15(11)21/h2-7,18,21H,8H2,1H3,(H,19,20). The lowest BCUT2D eigenvalue weighted by molar-refractivity contribution is -0.114. The van der Waals surface area contributed by atoms with Gasteiger partial charge in [0.05, 0.1) is 5.69 Å².